The van der Waals surface area contributed by atoms with E-state index in [0.29, 0.717) is 24.2 Å². The first-order valence-corrected chi connectivity index (χ1v) is 7.91. The molecule has 1 fully saturated rings. The molecule has 0 aromatic heterocycles. The molecule has 0 N–H and O–H groups in total. The van der Waals surface area contributed by atoms with Gasteiger partial charge in [-0.25, -0.2) is 9.18 Å². The molecule has 128 valence electrons. The summed E-state index contributed by atoms with van der Waals surface area (Å²) in [6.07, 6.45) is 1.29. The first-order chi connectivity index (χ1) is 12.1. The molecule has 1 aliphatic heterocycles. The van der Waals surface area contributed by atoms with Crippen LogP contribution in [0.25, 0.3) is 0 Å². The number of carbonyl (C=O) groups is 3. The van der Waals surface area contributed by atoms with Crippen molar-refractivity contribution < 1.29 is 23.5 Å². The minimum atomic E-state index is -0.891. The monoisotopic (exact) mass is 341 g/mol. The summed E-state index contributed by atoms with van der Waals surface area (Å²) in [4.78, 5) is 37.5. The van der Waals surface area contributed by atoms with Gasteiger partial charge in [0.15, 0.2) is 12.4 Å². The van der Waals surface area contributed by atoms with Gasteiger partial charge in [0.2, 0.25) is 5.91 Å². The molecule has 1 amide bonds. The summed E-state index contributed by atoms with van der Waals surface area (Å²) in [5, 5.41) is 0. The van der Waals surface area contributed by atoms with Crippen molar-refractivity contribution in [2.45, 2.75) is 12.8 Å². The number of esters is 1. The molecule has 1 heterocycles. The average molecular weight is 341 g/mol. The summed E-state index contributed by atoms with van der Waals surface area (Å²) >= 11 is 0. The number of ether oxygens (including phenoxy) is 1. The summed E-state index contributed by atoms with van der Waals surface area (Å²) in [6.45, 7) is 0.128. The fourth-order valence-electron chi connectivity index (χ4n) is 2.69. The molecule has 0 aliphatic carbocycles. The van der Waals surface area contributed by atoms with E-state index in [-0.39, 0.29) is 11.5 Å². The van der Waals surface area contributed by atoms with Crippen molar-refractivity contribution in [2.24, 2.45) is 0 Å². The summed E-state index contributed by atoms with van der Waals surface area (Å²) in [5.74, 6) is -1.99. The number of benzene rings is 2. The zero-order valence-corrected chi connectivity index (χ0v) is 13.4. The quantitative estimate of drug-likeness (QED) is 0.619. The van der Waals surface area contributed by atoms with Crippen molar-refractivity contribution >= 4 is 23.3 Å². The lowest BCUT2D eigenvalue weighted by molar-refractivity contribution is -0.117. The molecule has 2 aromatic rings. The average Bonchev–Trinajstić information content (AvgIpc) is 3.06. The molecular formula is C19H16FNO4. The van der Waals surface area contributed by atoms with Gasteiger partial charge in [-0.1, -0.05) is 24.3 Å². The molecular weight excluding hydrogens is 325 g/mol. The lowest BCUT2D eigenvalue weighted by Crippen LogP contribution is -2.24. The first-order valence-electron chi connectivity index (χ1n) is 7.91. The van der Waals surface area contributed by atoms with E-state index in [1.165, 1.54) is 18.2 Å². The molecule has 1 aliphatic rings. The fourth-order valence-corrected chi connectivity index (χ4v) is 2.69. The van der Waals surface area contributed by atoms with Gasteiger partial charge >= 0.3 is 5.97 Å². The van der Waals surface area contributed by atoms with Gasteiger partial charge in [0, 0.05) is 24.2 Å². The van der Waals surface area contributed by atoms with Crippen molar-refractivity contribution in [3.8, 4) is 0 Å². The van der Waals surface area contributed by atoms with E-state index >= 15 is 0 Å². The minimum absolute atomic E-state index is 0.0237. The summed E-state index contributed by atoms with van der Waals surface area (Å²) in [6, 6.07) is 12.0. The fraction of sp³-hybridized carbons (Fsp3) is 0.211. The van der Waals surface area contributed by atoms with Crippen molar-refractivity contribution in [1.29, 1.82) is 0 Å². The number of hydrogen-bond donors (Lipinski definition) is 0. The predicted octanol–water partition coefficient (Wildman–Crippen LogP) is 2.99. The van der Waals surface area contributed by atoms with Gasteiger partial charge in [-0.15, -0.1) is 0 Å². The zero-order chi connectivity index (χ0) is 17.8. The van der Waals surface area contributed by atoms with E-state index in [2.05, 4.69) is 0 Å². The Balaban J connectivity index is 1.66. The highest BCUT2D eigenvalue weighted by Gasteiger charge is 2.22. The maximum Gasteiger partial charge on any atom is 0.341 e. The van der Waals surface area contributed by atoms with Crippen LogP contribution in [-0.2, 0) is 9.53 Å². The molecule has 5 nitrogen and oxygen atoms in total. The summed E-state index contributed by atoms with van der Waals surface area (Å²) < 4.78 is 18.4. The Hall–Kier alpha value is -3.02. The maximum atomic E-state index is 13.5. The molecule has 0 atom stereocenters. The molecule has 0 unspecified atom stereocenters. The second kappa shape index (κ2) is 7.25. The molecule has 2 aromatic carbocycles. The third-order valence-corrected chi connectivity index (χ3v) is 3.98. The third-order valence-electron chi connectivity index (χ3n) is 3.98. The molecule has 0 bridgehead atoms. The Morgan fingerprint density at radius 3 is 2.64 bits per heavy atom. The number of hydrogen-bond acceptors (Lipinski definition) is 4. The summed E-state index contributed by atoms with van der Waals surface area (Å²) in [7, 11) is 0. The van der Waals surface area contributed by atoms with Crippen LogP contribution in [0.1, 0.15) is 33.6 Å². The van der Waals surface area contributed by atoms with Crippen molar-refractivity contribution in [1.82, 2.24) is 0 Å². The molecule has 3 rings (SSSR count). The van der Waals surface area contributed by atoms with E-state index in [1.54, 1.807) is 29.2 Å². The Morgan fingerprint density at radius 1 is 1.12 bits per heavy atom. The largest absolute Gasteiger partial charge is 0.454 e. The van der Waals surface area contributed by atoms with Crippen LogP contribution in [0.5, 0.6) is 0 Å². The number of ketones is 1. The Kier molecular flexibility index (Phi) is 4.88. The Morgan fingerprint density at radius 2 is 1.92 bits per heavy atom. The van der Waals surface area contributed by atoms with E-state index in [0.717, 1.165) is 12.5 Å². The number of nitrogens with zero attached hydrogens (tertiary/aromatic N) is 1. The van der Waals surface area contributed by atoms with Gasteiger partial charge in [-0.2, -0.15) is 0 Å². The van der Waals surface area contributed by atoms with Crippen LogP contribution in [0.4, 0.5) is 10.1 Å². The molecule has 0 saturated carbocycles. The van der Waals surface area contributed by atoms with Crippen molar-refractivity contribution in [3.05, 3.63) is 65.5 Å². The molecule has 0 spiro atoms. The Bertz CT molecular complexity index is 834. The normalized spacial score (nSPS) is 13.8. The first kappa shape index (κ1) is 16.8. The molecule has 6 heteroatoms. The lowest BCUT2D eigenvalue weighted by atomic mass is 10.1. The van der Waals surface area contributed by atoms with Crippen LogP contribution >= 0.6 is 0 Å². The smallest absolute Gasteiger partial charge is 0.341 e. The SMILES string of the molecule is O=C(COC(=O)c1ccccc1F)c1cccc(N2CCCC2=O)c1. The highest BCUT2D eigenvalue weighted by Crippen LogP contribution is 2.22. The van der Waals surface area contributed by atoms with Crippen LogP contribution < -0.4 is 4.90 Å². The van der Waals surface area contributed by atoms with E-state index in [1.807, 2.05) is 0 Å². The van der Waals surface area contributed by atoms with Crippen LogP contribution in [0.2, 0.25) is 0 Å². The van der Waals surface area contributed by atoms with E-state index < -0.39 is 24.2 Å². The van der Waals surface area contributed by atoms with Crippen molar-refractivity contribution in [2.75, 3.05) is 18.1 Å². The van der Waals surface area contributed by atoms with Crippen LogP contribution in [0.15, 0.2) is 48.5 Å². The van der Waals surface area contributed by atoms with Crippen molar-refractivity contribution in [3.63, 3.8) is 0 Å². The number of Topliss-reactive ketones (excluding diaryl/α,β-unsaturated/α-hetero) is 1. The van der Waals surface area contributed by atoms with Gasteiger partial charge in [0.05, 0.1) is 5.56 Å². The standard InChI is InChI=1S/C19H16FNO4/c20-16-8-2-1-7-15(16)19(24)25-12-17(22)13-5-3-6-14(11-13)21-10-4-9-18(21)23/h1-3,5-8,11H,4,9-10,12H2. The minimum Gasteiger partial charge on any atom is -0.454 e. The molecule has 1 saturated heterocycles. The second-order valence-corrected chi connectivity index (χ2v) is 5.68. The van der Waals surface area contributed by atoms with Gasteiger partial charge in [0.25, 0.3) is 0 Å². The predicted molar refractivity (Wildman–Crippen MR) is 89.0 cm³/mol. The highest BCUT2D eigenvalue weighted by molar-refractivity contribution is 6.01. The Labute approximate surface area is 144 Å². The van der Waals surface area contributed by atoms with Crippen LogP contribution in [0, 0.1) is 5.82 Å². The number of anilines is 1. The van der Waals surface area contributed by atoms with Crippen LogP contribution in [0.3, 0.4) is 0 Å². The van der Waals surface area contributed by atoms with Gasteiger partial charge in [-0.05, 0) is 30.7 Å². The zero-order valence-electron chi connectivity index (χ0n) is 13.4. The highest BCUT2D eigenvalue weighted by atomic mass is 19.1. The molecule has 25 heavy (non-hydrogen) atoms. The summed E-state index contributed by atoms with van der Waals surface area (Å²) in [5.41, 5.74) is 0.763. The van der Waals surface area contributed by atoms with Gasteiger partial charge in [-0.3, -0.25) is 9.59 Å². The van der Waals surface area contributed by atoms with E-state index in [9.17, 15) is 18.8 Å². The lowest BCUT2D eigenvalue weighted by Gasteiger charge is -2.16. The number of halogens is 1. The topological polar surface area (TPSA) is 63.7 Å². The molecule has 0 radical (unpaired) electrons. The number of amides is 1. The van der Waals surface area contributed by atoms with E-state index in [4.69, 9.17) is 4.74 Å². The second-order valence-electron chi connectivity index (χ2n) is 5.68. The third kappa shape index (κ3) is 3.74. The number of carbonyl (C=O) groups excluding carboxylic acids is 3. The van der Waals surface area contributed by atoms with Crippen LogP contribution in [-0.4, -0.2) is 30.8 Å². The van der Waals surface area contributed by atoms with Gasteiger partial charge in [0.1, 0.15) is 5.82 Å². The number of rotatable bonds is 5. The maximum absolute atomic E-state index is 13.5. The van der Waals surface area contributed by atoms with Gasteiger partial charge < -0.3 is 9.64 Å².